The molecule has 0 atom stereocenters. The number of aliphatic hydroxyl groups excluding tert-OH is 1. The van der Waals surface area contributed by atoms with E-state index in [0.29, 0.717) is 17.1 Å². The fourth-order valence-corrected chi connectivity index (χ4v) is 1.66. The standard InChI is InChI=1S/C15H20N4O5/c1-10(18-19-15(23)14(22)16-7-8-20)9-13(21)17-11-5-3-4-6-12(11)24-2/h3-6,20H,7-9H2,1-2H3,(H,16,22)(H,17,21)(H,19,23)/b18-10-. The van der Waals surface area contributed by atoms with Crippen LogP contribution in [0.4, 0.5) is 5.69 Å². The number of rotatable bonds is 7. The Hall–Kier alpha value is -2.94. The van der Waals surface area contributed by atoms with E-state index in [4.69, 9.17) is 9.84 Å². The molecular weight excluding hydrogens is 316 g/mol. The van der Waals surface area contributed by atoms with Crippen LogP contribution >= 0.6 is 0 Å². The first-order valence-corrected chi connectivity index (χ1v) is 7.13. The van der Waals surface area contributed by atoms with Crippen LogP contribution in [0.2, 0.25) is 0 Å². The molecule has 0 saturated carbocycles. The number of hydrogen-bond donors (Lipinski definition) is 4. The molecule has 9 heteroatoms. The summed E-state index contributed by atoms with van der Waals surface area (Å²) >= 11 is 0. The Morgan fingerprint density at radius 2 is 1.92 bits per heavy atom. The maximum atomic E-state index is 11.9. The molecule has 3 amide bonds. The lowest BCUT2D eigenvalue weighted by Gasteiger charge is -2.09. The van der Waals surface area contributed by atoms with Gasteiger partial charge in [-0.15, -0.1) is 0 Å². The largest absolute Gasteiger partial charge is 0.495 e. The van der Waals surface area contributed by atoms with Gasteiger partial charge in [0.25, 0.3) is 0 Å². The Bertz CT molecular complexity index is 630. The second-order valence-corrected chi connectivity index (χ2v) is 4.69. The van der Waals surface area contributed by atoms with Crippen molar-refractivity contribution in [1.29, 1.82) is 0 Å². The second kappa shape index (κ2) is 9.95. The molecule has 1 aromatic rings. The number of carbonyl (C=O) groups excluding carboxylic acids is 3. The first kappa shape index (κ1) is 19.1. The normalized spacial score (nSPS) is 10.7. The Morgan fingerprint density at radius 3 is 2.58 bits per heavy atom. The van der Waals surface area contributed by atoms with Gasteiger partial charge in [-0.05, 0) is 19.1 Å². The van der Waals surface area contributed by atoms with Gasteiger partial charge in [-0.25, -0.2) is 5.43 Å². The monoisotopic (exact) mass is 336 g/mol. The lowest BCUT2D eigenvalue weighted by atomic mass is 10.2. The van der Waals surface area contributed by atoms with E-state index < -0.39 is 11.8 Å². The van der Waals surface area contributed by atoms with Crippen molar-refractivity contribution in [3.05, 3.63) is 24.3 Å². The second-order valence-electron chi connectivity index (χ2n) is 4.69. The molecule has 24 heavy (non-hydrogen) atoms. The van der Waals surface area contributed by atoms with E-state index in [9.17, 15) is 14.4 Å². The summed E-state index contributed by atoms with van der Waals surface area (Å²) in [5.74, 6) is -1.72. The summed E-state index contributed by atoms with van der Waals surface area (Å²) in [5.41, 5.74) is 2.86. The van der Waals surface area contributed by atoms with Gasteiger partial charge >= 0.3 is 11.8 Å². The van der Waals surface area contributed by atoms with E-state index in [1.165, 1.54) is 14.0 Å². The summed E-state index contributed by atoms with van der Waals surface area (Å²) in [7, 11) is 1.50. The van der Waals surface area contributed by atoms with Gasteiger partial charge in [-0.1, -0.05) is 12.1 Å². The van der Waals surface area contributed by atoms with E-state index in [2.05, 4.69) is 15.7 Å². The van der Waals surface area contributed by atoms with Gasteiger partial charge < -0.3 is 20.5 Å². The summed E-state index contributed by atoms with van der Waals surface area (Å²) in [4.78, 5) is 34.6. The van der Waals surface area contributed by atoms with E-state index in [0.717, 1.165) is 0 Å². The molecule has 0 radical (unpaired) electrons. The summed E-state index contributed by atoms with van der Waals surface area (Å²) in [6, 6.07) is 6.93. The number of nitrogens with zero attached hydrogens (tertiary/aromatic N) is 1. The van der Waals surface area contributed by atoms with E-state index >= 15 is 0 Å². The number of para-hydroxylation sites is 2. The number of amides is 3. The van der Waals surface area contributed by atoms with Crippen molar-refractivity contribution in [1.82, 2.24) is 10.7 Å². The molecule has 0 aliphatic carbocycles. The summed E-state index contributed by atoms with van der Waals surface area (Å²) in [5, 5.41) is 17.1. The molecule has 4 N–H and O–H groups in total. The van der Waals surface area contributed by atoms with Crippen molar-refractivity contribution >= 4 is 29.1 Å². The number of hydrazone groups is 1. The van der Waals surface area contributed by atoms with Gasteiger partial charge in [-0.3, -0.25) is 14.4 Å². The molecule has 1 aromatic carbocycles. The minimum Gasteiger partial charge on any atom is -0.495 e. The molecule has 0 fully saturated rings. The van der Waals surface area contributed by atoms with Crippen LogP contribution in [0.1, 0.15) is 13.3 Å². The van der Waals surface area contributed by atoms with Gasteiger partial charge in [0.2, 0.25) is 5.91 Å². The molecule has 0 spiro atoms. The minimum absolute atomic E-state index is 0.0315. The Kier molecular flexibility index (Phi) is 7.92. The zero-order valence-corrected chi connectivity index (χ0v) is 13.5. The molecule has 1 rings (SSSR count). The molecule has 0 bridgehead atoms. The van der Waals surface area contributed by atoms with Crippen LogP contribution in [-0.4, -0.2) is 48.8 Å². The highest BCUT2D eigenvalue weighted by Crippen LogP contribution is 2.22. The number of methoxy groups -OCH3 is 1. The Labute approximate surface area is 139 Å². The number of nitrogens with one attached hydrogen (secondary N) is 3. The number of hydrogen-bond acceptors (Lipinski definition) is 6. The highest BCUT2D eigenvalue weighted by Gasteiger charge is 2.12. The lowest BCUT2D eigenvalue weighted by Crippen LogP contribution is -2.39. The van der Waals surface area contributed by atoms with Gasteiger partial charge in [0.1, 0.15) is 5.75 Å². The van der Waals surface area contributed by atoms with Crippen LogP contribution in [0.15, 0.2) is 29.4 Å². The van der Waals surface area contributed by atoms with Crippen molar-refractivity contribution in [3.8, 4) is 5.75 Å². The van der Waals surface area contributed by atoms with Crippen molar-refractivity contribution in [2.75, 3.05) is 25.6 Å². The number of aliphatic hydroxyl groups is 1. The SMILES string of the molecule is COc1ccccc1NC(=O)C/C(C)=N\NC(=O)C(=O)NCCO. The van der Waals surface area contributed by atoms with Crippen LogP contribution in [-0.2, 0) is 14.4 Å². The maximum Gasteiger partial charge on any atom is 0.329 e. The zero-order chi connectivity index (χ0) is 17.9. The Balaban J connectivity index is 2.51. The molecule has 0 saturated heterocycles. The third kappa shape index (κ3) is 6.44. The summed E-state index contributed by atoms with van der Waals surface area (Å²) in [6.45, 7) is 1.23. The predicted octanol–water partition coefficient (Wildman–Crippen LogP) is -0.376. The van der Waals surface area contributed by atoms with Crippen molar-refractivity contribution in [2.24, 2.45) is 5.10 Å². The van der Waals surface area contributed by atoms with Crippen molar-refractivity contribution in [3.63, 3.8) is 0 Å². The zero-order valence-electron chi connectivity index (χ0n) is 13.5. The fourth-order valence-electron chi connectivity index (χ4n) is 1.66. The predicted molar refractivity (Wildman–Crippen MR) is 87.6 cm³/mol. The van der Waals surface area contributed by atoms with Gasteiger partial charge in [0, 0.05) is 12.3 Å². The van der Waals surface area contributed by atoms with E-state index in [1.807, 2.05) is 5.43 Å². The molecule has 130 valence electrons. The van der Waals surface area contributed by atoms with E-state index in [1.54, 1.807) is 24.3 Å². The topological polar surface area (TPSA) is 129 Å². The minimum atomic E-state index is -0.979. The number of benzene rings is 1. The highest BCUT2D eigenvalue weighted by molar-refractivity contribution is 6.35. The highest BCUT2D eigenvalue weighted by atomic mass is 16.5. The summed E-state index contributed by atoms with van der Waals surface area (Å²) in [6.07, 6.45) is -0.0728. The molecular formula is C15H20N4O5. The molecule has 0 aliphatic heterocycles. The van der Waals surface area contributed by atoms with Crippen LogP contribution < -0.4 is 20.8 Å². The van der Waals surface area contributed by atoms with Crippen molar-refractivity contribution in [2.45, 2.75) is 13.3 Å². The van der Waals surface area contributed by atoms with Crippen LogP contribution in [0.25, 0.3) is 0 Å². The number of carbonyl (C=O) groups is 3. The third-order valence-electron chi connectivity index (χ3n) is 2.75. The summed E-state index contributed by atoms with van der Waals surface area (Å²) < 4.78 is 5.12. The fraction of sp³-hybridized carbons (Fsp3) is 0.333. The first-order chi connectivity index (χ1) is 11.5. The quantitative estimate of drug-likeness (QED) is 0.307. The first-order valence-electron chi connectivity index (χ1n) is 7.13. The Morgan fingerprint density at radius 1 is 1.21 bits per heavy atom. The smallest absolute Gasteiger partial charge is 0.329 e. The van der Waals surface area contributed by atoms with Crippen LogP contribution in [0, 0.1) is 0 Å². The van der Waals surface area contributed by atoms with E-state index in [-0.39, 0.29) is 25.5 Å². The lowest BCUT2D eigenvalue weighted by molar-refractivity contribution is -0.139. The number of ether oxygens (including phenoxy) is 1. The molecule has 0 heterocycles. The van der Waals surface area contributed by atoms with Gasteiger partial charge in [0.05, 0.1) is 25.8 Å². The average Bonchev–Trinajstić information content (AvgIpc) is 2.57. The molecule has 0 aromatic heterocycles. The van der Waals surface area contributed by atoms with Crippen LogP contribution in [0.5, 0.6) is 5.75 Å². The molecule has 9 nitrogen and oxygen atoms in total. The average molecular weight is 336 g/mol. The third-order valence-corrected chi connectivity index (χ3v) is 2.75. The number of anilines is 1. The van der Waals surface area contributed by atoms with Crippen molar-refractivity contribution < 1.29 is 24.2 Å². The molecule has 0 aliphatic rings. The van der Waals surface area contributed by atoms with Gasteiger partial charge in [-0.2, -0.15) is 5.10 Å². The van der Waals surface area contributed by atoms with Crippen LogP contribution in [0.3, 0.4) is 0 Å². The maximum absolute atomic E-state index is 11.9. The molecule has 0 unspecified atom stereocenters. The van der Waals surface area contributed by atoms with Gasteiger partial charge in [0.15, 0.2) is 0 Å².